The van der Waals surface area contributed by atoms with Crippen LogP contribution in [0.3, 0.4) is 0 Å². The van der Waals surface area contributed by atoms with E-state index < -0.39 is 63.9 Å². The van der Waals surface area contributed by atoms with Gasteiger partial charge in [0, 0.05) is 103 Å². The van der Waals surface area contributed by atoms with Gasteiger partial charge in [-0.1, -0.05) is 54.6 Å². The zero-order valence-corrected chi connectivity index (χ0v) is 73.9. The standard InChI is InChI=1S/C32H36N6O5S.C30H32N6O5S.C29H32N6O5S/c1-43-36-31(40)28-20-38(26-11-8-21-4-3-5-24(21)18-26)30-27(29(28)39)19-33-32(35-30)34-25-9-6-22(7-10-25)23-12-14-37(15-13-23)16-17-44(2,41)42;1-41-34-29(38)26-18-36(24-11-8-19-4-3-5-22(19)16-24)28-25(27(26)37)17-31-30(33-28)32-23-9-6-20(7-10-23)21-12-14-35(15-13-21)42(2,39)40;1-18(2)34-41(38,39)14-13-19-7-10-22(11-8-19)31-29-30-16-24-26(36)25(28(37)33-40-3)17-35(27(24)32-29)23-12-9-20-5-4-6-21(20)15-23/h6-11,18-20,23H,3-5,12-17H2,1-2H3,(H,36,40)(H,33,34,35);6-11,16-18,21H,3-5,12-15H2,1-2H3,(H,34,38)(H,31,32,33);7-12,15-18,34H,4-6,13-14H2,1-3H3,(H,33,37)(H,30,31,32). The fourth-order valence-corrected chi connectivity index (χ4v) is 19.8. The number of likely N-dealkylation sites (tertiary alicyclic amines) is 1. The lowest BCUT2D eigenvalue weighted by Gasteiger charge is -2.32. The molecule has 0 saturated carbocycles. The van der Waals surface area contributed by atoms with E-state index in [1.165, 1.54) is 114 Å². The number of sulfonamides is 2. The van der Waals surface area contributed by atoms with E-state index >= 15 is 0 Å². The van der Waals surface area contributed by atoms with Crippen LogP contribution in [-0.2, 0) is 89.3 Å². The van der Waals surface area contributed by atoms with E-state index in [2.05, 4.69) is 110 Å². The Morgan fingerprint density at radius 3 is 1.11 bits per heavy atom. The zero-order chi connectivity index (χ0) is 89.4. The second-order valence-electron chi connectivity index (χ2n) is 32.7. The van der Waals surface area contributed by atoms with Gasteiger partial charge in [-0.15, -0.1) is 0 Å². The smallest absolute Gasteiger partial charge is 0.280 e. The van der Waals surface area contributed by atoms with Crippen molar-refractivity contribution in [3.05, 3.63) is 262 Å². The van der Waals surface area contributed by atoms with Crippen LogP contribution in [0.1, 0.15) is 152 Å². The second-order valence-corrected chi connectivity index (χ2v) is 38.8. The lowest BCUT2D eigenvalue weighted by Crippen LogP contribution is -2.37. The first-order valence-corrected chi connectivity index (χ1v) is 47.7. The molecule has 6 aromatic heterocycles. The van der Waals surface area contributed by atoms with Crippen LogP contribution in [0, 0.1) is 0 Å². The molecule has 662 valence electrons. The molecule has 3 amide bonds. The van der Waals surface area contributed by atoms with Gasteiger partial charge in [-0.05, 0) is 252 Å². The van der Waals surface area contributed by atoms with E-state index in [-0.39, 0.29) is 56.3 Å². The number of amides is 3. The third-order valence-corrected chi connectivity index (χ3v) is 27.3. The molecule has 7 N–H and O–H groups in total. The number of carbonyl (C=O) groups is 3. The molecule has 8 heterocycles. The average molecular weight is 1780 g/mol. The number of aromatic nitrogens is 9. The third kappa shape index (κ3) is 21.3. The van der Waals surface area contributed by atoms with Crippen LogP contribution in [0.2, 0.25) is 0 Å². The molecule has 17 rings (SSSR count). The molecule has 2 aliphatic heterocycles. The van der Waals surface area contributed by atoms with Crippen molar-refractivity contribution in [2.75, 3.05) is 94.0 Å². The molecule has 5 aliphatic rings. The fraction of sp³-hybridized carbons (Fsp3) is 0.341. The highest BCUT2D eigenvalue weighted by molar-refractivity contribution is 7.90. The summed E-state index contributed by atoms with van der Waals surface area (Å²) >= 11 is 0. The highest BCUT2D eigenvalue weighted by Crippen LogP contribution is 2.35. The Labute approximate surface area is 734 Å². The van der Waals surface area contributed by atoms with Gasteiger partial charge >= 0.3 is 0 Å². The van der Waals surface area contributed by atoms with Crippen molar-refractivity contribution in [2.24, 2.45) is 0 Å². The molecule has 0 radical (unpaired) electrons. The summed E-state index contributed by atoms with van der Waals surface area (Å²) in [5, 5.41) is 10.3. The summed E-state index contributed by atoms with van der Waals surface area (Å²) in [7, 11) is -5.53. The first-order valence-electron chi connectivity index (χ1n) is 42.1. The van der Waals surface area contributed by atoms with Crippen molar-refractivity contribution < 1.29 is 54.1 Å². The largest absolute Gasteiger partial charge is 0.324 e. The normalized spacial score (nSPS) is 14.9. The molecular weight excluding hydrogens is 1680 g/mol. The van der Waals surface area contributed by atoms with Crippen LogP contribution in [0.25, 0.3) is 50.2 Å². The number of hydrogen-bond acceptors (Lipinski definition) is 25. The summed E-state index contributed by atoms with van der Waals surface area (Å²) in [5.41, 5.74) is 21.7. The number of benzene rings is 6. The van der Waals surface area contributed by atoms with E-state index in [0.717, 1.165) is 136 Å². The van der Waals surface area contributed by atoms with Crippen molar-refractivity contribution in [2.45, 2.75) is 122 Å². The Morgan fingerprint density at radius 2 is 0.780 bits per heavy atom. The van der Waals surface area contributed by atoms with E-state index in [0.29, 0.717) is 72.4 Å². The van der Waals surface area contributed by atoms with Gasteiger partial charge in [0.15, 0.2) is 16.9 Å². The number of fused-ring (bicyclic) bond motifs is 6. The molecule has 6 aromatic carbocycles. The minimum Gasteiger partial charge on any atom is -0.324 e. The molecule has 0 spiro atoms. The molecule has 2 saturated heterocycles. The summed E-state index contributed by atoms with van der Waals surface area (Å²) in [6, 6.07) is 41.7. The van der Waals surface area contributed by atoms with Crippen molar-refractivity contribution in [3.63, 3.8) is 0 Å². The van der Waals surface area contributed by atoms with Crippen LogP contribution in [-0.4, -0.2) is 180 Å². The van der Waals surface area contributed by atoms with E-state index in [1.807, 2.05) is 78.9 Å². The van der Waals surface area contributed by atoms with Crippen LogP contribution in [0.5, 0.6) is 0 Å². The number of hydroxylamine groups is 3. The fourth-order valence-electron chi connectivity index (χ4n) is 17.0. The number of anilines is 6. The van der Waals surface area contributed by atoms with Crippen LogP contribution in [0.15, 0.2) is 179 Å². The van der Waals surface area contributed by atoms with Crippen molar-refractivity contribution in [3.8, 4) is 17.1 Å². The topological polar surface area (TPSA) is 415 Å². The lowest BCUT2D eigenvalue weighted by molar-refractivity contribution is 0.0532. The van der Waals surface area contributed by atoms with Gasteiger partial charge in [-0.2, -0.15) is 15.0 Å². The van der Waals surface area contributed by atoms with Crippen LogP contribution < -0.4 is 53.4 Å². The van der Waals surface area contributed by atoms with Gasteiger partial charge < -0.3 is 34.6 Å². The average Bonchev–Trinajstić information content (AvgIpc) is 1.63. The Kier molecular flexibility index (Phi) is 27.3. The Morgan fingerprint density at radius 1 is 0.441 bits per heavy atom. The molecule has 0 atom stereocenters. The quantitative estimate of drug-likeness (QED) is 0.0248. The summed E-state index contributed by atoms with van der Waals surface area (Å²) in [5.74, 6) is -0.157. The Hall–Kier alpha value is -12.4. The highest BCUT2D eigenvalue weighted by atomic mass is 32.2. The number of nitrogens with zero attached hydrogens (tertiary/aromatic N) is 11. The van der Waals surface area contributed by atoms with Gasteiger partial charge in [-0.25, -0.2) is 65.7 Å². The number of sulfone groups is 1. The van der Waals surface area contributed by atoms with Gasteiger partial charge in [0.25, 0.3) is 17.7 Å². The monoisotopic (exact) mass is 1780 g/mol. The number of hydrogen-bond donors (Lipinski definition) is 7. The first kappa shape index (κ1) is 89.4. The summed E-state index contributed by atoms with van der Waals surface area (Å²) in [4.78, 5) is 122. The molecular formula is C91H100N18O15S3. The Bertz CT molecular complexity index is 6740. The molecule has 36 heteroatoms. The van der Waals surface area contributed by atoms with Gasteiger partial charge in [0.2, 0.25) is 54.2 Å². The van der Waals surface area contributed by atoms with Crippen molar-refractivity contribution in [1.82, 2.24) is 74.0 Å². The molecule has 3 aliphatic carbocycles. The predicted molar refractivity (Wildman–Crippen MR) is 486 cm³/mol. The van der Waals surface area contributed by atoms with Gasteiger partial charge in [0.1, 0.15) is 26.5 Å². The van der Waals surface area contributed by atoms with E-state index in [9.17, 15) is 54.0 Å². The maximum atomic E-state index is 13.3. The minimum absolute atomic E-state index is 0.00362. The maximum Gasteiger partial charge on any atom is 0.280 e. The summed E-state index contributed by atoms with van der Waals surface area (Å²) in [6.07, 6.45) is 24.5. The Balaban J connectivity index is 0.000000147. The first-order chi connectivity index (χ1) is 61.0. The molecule has 0 unspecified atom stereocenters. The number of nitrogens with one attached hydrogen (secondary N) is 7. The highest BCUT2D eigenvalue weighted by Gasteiger charge is 2.29. The number of pyridine rings is 3. The van der Waals surface area contributed by atoms with E-state index in [4.69, 9.17) is 24.5 Å². The lowest BCUT2D eigenvalue weighted by atomic mass is 9.89. The number of carbonyl (C=O) groups excluding carboxylic acids is 3. The van der Waals surface area contributed by atoms with E-state index in [1.54, 1.807) is 27.5 Å². The summed E-state index contributed by atoms with van der Waals surface area (Å²) in [6.45, 7) is 6.97. The van der Waals surface area contributed by atoms with Gasteiger partial charge in [0.05, 0.1) is 55.2 Å². The maximum absolute atomic E-state index is 13.3. The van der Waals surface area contributed by atoms with Crippen LogP contribution >= 0.6 is 0 Å². The number of rotatable bonds is 26. The molecule has 0 bridgehead atoms. The third-order valence-electron chi connectivity index (χ3n) is 23.5. The van der Waals surface area contributed by atoms with Crippen molar-refractivity contribution >= 4 is 116 Å². The molecule has 33 nitrogen and oxygen atoms in total. The molecule has 12 aromatic rings. The SMILES string of the molecule is CONC(=O)c1cn(-c2ccc3c(c2)CCC3)c2nc(Nc3ccc(C4CCN(CCS(C)(=O)=O)CC4)cc3)ncc2c1=O.CONC(=O)c1cn(-c2ccc3c(c2)CCC3)c2nc(Nc3ccc(C4CCN(S(C)(=O)=O)CC4)cc3)ncc2c1=O.CONC(=O)c1cn(-c2ccc3c(c2)CCC3)c2nc(Nc3ccc(CCS(=O)(=O)NC(C)C)cc3)ncc2c1=O. The number of aryl methyl sites for hydroxylation is 7. The molecule has 127 heavy (non-hydrogen) atoms. The number of piperidine rings is 2. The van der Waals surface area contributed by atoms with Gasteiger partial charge in [-0.3, -0.25) is 43.3 Å². The molecule has 2 fully saturated rings. The predicted octanol–water partition coefficient (Wildman–Crippen LogP) is 10.1. The minimum atomic E-state index is -3.35. The van der Waals surface area contributed by atoms with Crippen LogP contribution in [0.4, 0.5) is 34.9 Å². The summed E-state index contributed by atoms with van der Waals surface area (Å²) < 4.78 is 80.3. The zero-order valence-electron chi connectivity index (χ0n) is 71.4. The van der Waals surface area contributed by atoms with Crippen molar-refractivity contribution in [1.29, 1.82) is 0 Å². The second kappa shape index (κ2) is 38.8.